The number of nitrogens with zero attached hydrogens (tertiary/aromatic N) is 1. The van der Waals surface area contributed by atoms with Gasteiger partial charge < -0.3 is 9.88 Å². The Kier molecular flexibility index (Phi) is 3.53. The Morgan fingerprint density at radius 3 is 2.71 bits per heavy atom. The second-order valence-electron chi connectivity index (χ2n) is 5.23. The Morgan fingerprint density at radius 2 is 1.94 bits per heavy atom. The predicted molar refractivity (Wildman–Crippen MR) is 74.3 cm³/mol. The number of fused-ring (bicyclic) bond motifs is 1. The van der Waals surface area contributed by atoms with E-state index in [1.807, 2.05) is 0 Å². The highest BCUT2D eigenvalue weighted by Crippen LogP contribution is 2.14. The van der Waals surface area contributed by atoms with Crippen LogP contribution in [0.2, 0.25) is 0 Å². The van der Waals surface area contributed by atoms with E-state index in [1.165, 1.54) is 10.9 Å². The van der Waals surface area contributed by atoms with Crippen molar-refractivity contribution in [2.45, 2.75) is 39.3 Å². The Bertz CT molecular complexity index is 482. The fraction of sp³-hybridized carbons (Fsp3) is 0.467. The fourth-order valence-electron chi connectivity index (χ4n) is 1.98. The molecule has 2 rings (SSSR count). The average Bonchev–Trinajstić information content (AvgIpc) is 2.73. The Labute approximate surface area is 104 Å². The van der Waals surface area contributed by atoms with Gasteiger partial charge in [-0.1, -0.05) is 25.1 Å². The molecule has 0 aliphatic rings. The molecule has 0 aliphatic carbocycles. The largest absolute Gasteiger partial charge is 0.346 e. The maximum absolute atomic E-state index is 3.59. The summed E-state index contributed by atoms with van der Waals surface area (Å²) in [7, 11) is 0. The third-order valence-corrected chi connectivity index (χ3v) is 3.52. The lowest BCUT2D eigenvalue weighted by Gasteiger charge is -2.24. The van der Waals surface area contributed by atoms with Gasteiger partial charge in [-0.25, -0.2) is 0 Å². The first-order valence-electron chi connectivity index (χ1n) is 6.41. The van der Waals surface area contributed by atoms with E-state index in [1.54, 1.807) is 0 Å². The van der Waals surface area contributed by atoms with Crippen molar-refractivity contribution in [3.05, 3.63) is 36.5 Å². The average molecular weight is 230 g/mol. The lowest BCUT2D eigenvalue weighted by molar-refractivity contribution is 0.369. The zero-order chi connectivity index (χ0) is 12.3. The van der Waals surface area contributed by atoms with Gasteiger partial charge in [-0.15, -0.1) is 0 Å². The minimum absolute atomic E-state index is 0.239. The van der Waals surface area contributed by atoms with Crippen molar-refractivity contribution in [1.82, 2.24) is 9.88 Å². The summed E-state index contributed by atoms with van der Waals surface area (Å²) in [6.45, 7) is 8.76. The highest BCUT2D eigenvalue weighted by molar-refractivity contribution is 5.79. The van der Waals surface area contributed by atoms with Crippen molar-refractivity contribution in [3.63, 3.8) is 0 Å². The molecule has 0 radical (unpaired) electrons. The number of hydrogen-bond acceptors (Lipinski definition) is 1. The Hall–Kier alpha value is -1.28. The van der Waals surface area contributed by atoms with Crippen LogP contribution in [0.1, 0.15) is 27.2 Å². The molecule has 0 fully saturated rings. The van der Waals surface area contributed by atoms with Gasteiger partial charge in [0.2, 0.25) is 0 Å². The van der Waals surface area contributed by atoms with Crippen LogP contribution in [0.5, 0.6) is 0 Å². The molecule has 0 bridgehead atoms. The molecule has 0 unspecified atom stereocenters. The molecule has 17 heavy (non-hydrogen) atoms. The van der Waals surface area contributed by atoms with Crippen molar-refractivity contribution in [3.8, 4) is 0 Å². The van der Waals surface area contributed by atoms with Crippen LogP contribution in [-0.4, -0.2) is 16.7 Å². The summed E-state index contributed by atoms with van der Waals surface area (Å²) in [5.74, 6) is 0. The number of rotatable bonds is 5. The molecule has 0 amide bonds. The second-order valence-corrected chi connectivity index (χ2v) is 5.23. The predicted octanol–water partition coefficient (Wildman–Crippen LogP) is 3.42. The maximum Gasteiger partial charge on any atom is 0.0480 e. The van der Waals surface area contributed by atoms with Crippen LogP contribution in [0.3, 0.4) is 0 Å². The van der Waals surface area contributed by atoms with E-state index >= 15 is 0 Å². The number of nitrogens with one attached hydrogen (secondary N) is 1. The second kappa shape index (κ2) is 4.92. The first-order chi connectivity index (χ1) is 8.12. The minimum atomic E-state index is 0.239. The molecule has 2 aromatic rings. The summed E-state index contributed by atoms with van der Waals surface area (Å²) in [5, 5.41) is 4.91. The topological polar surface area (TPSA) is 17.0 Å². The van der Waals surface area contributed by atoms with Gasteiger partial charge in [-0.05, 0) is 37.8 Å². The van der Waals surface area contributed by atoms with Gasteiger partial charge in [0.1, 0.15) is 0 Å². The zero-order valence-corrected chi connectivity index (χ0v) is 11.0. The van der Waals surface area contributed by atoms with Crippen molar-refractivity contribution in [2.75, 3.05) is 6.54 Å². The summed E-state index contributed by atoms with van der Waals surface area (Å²) in [5.41, 5.74) is 1.56. The van der Waals surface area contributed by atoms with Crippen LogP contribution < -0.4 is 5.32 Å². The summed E-state index contributed by atoms with van der Waals surface area (Å²) in [6.07, 6.45) is 3.32. The number of benzene rings is 1. The van der Waals surface area contributed by atoms with Gasteiger partial charge >= 0.3 is 0 Å². The van der Waals surface area contributed by atoms with E-state index in [0.29, 0.717) is 0 Å². The molecule has 1 aromatic heterocycles. The van der Waals surface area contributed by atoms with Crippen LogP contribution in [0.25, 0.3) is 10.9 Å². The lowest BCUT2D eigenvalue weighted by atomic mass is 10.0. The third kappa shape index (κ3) is 2.89. The highest BCUT2D eigenvalue weighted by Gasteiger charge is 2.12. The number of para-hydroxylation sites is 1. The van der Waals surface area contributed by atoms with Gasteiger partial charge in [-0.2, -0.15) is 0 Å². The maximum atomic E-state index is 3.59. The quantitative estimate of drug-likeness (QED) is 0.833. The van der Waals surface area contributed by atoms with Crippen LogP contribution in [0, 0.1) is 0 Å². The van der Waals surface area contributed by atoms with E-state index in [4.69, 9.17) is 0 Å². The van der Waals surface area contributed by atoms with Gasteiger partial charge in [0, 0.05) is 30.3 Å². The highest BCUT2D eigenvalue weighted by atomic mass is 15.0. The van der Waals surface area contributed by atoms with E-state index < -0.39 is 0 Å². The zero-order valence-electron chi connectivity index (χ0n) is 11.0. The summed E-state index contributed by atoms with van der Waals surface area (Å²) in [6, 6.07) is 10.7. The summed E-state index contributed by atoms with van der Waals surface area (Å²) < 4.78 is 2.31. The standard InChI is InChI=1S/C15H22N2/c1-4-15(2,3)16-10-12-17-11-9-13-7-5-6-8-14(13)17/h5-9,11,16H,4,10,12H2,1-3H3. The number of hydrogen-bond donors (Lipinski definition) is 1. The molecule has 0 saturated heterocycles. The molecule has 1 heterocycles. The summed E-state index contributed by atoms with van der Waals surface area (Å²) >= 11 is 0. The van der Waals surface area contributed by atoms with E-state index in [9.17, 15) is 0 Å². The lowest BCUT2D eigenvalue weighted by Crippen LogP contribution is -2.40. The molecule has 0 atom stereocenters. The van der Waals surface area contributed by atoms with E-state index in [0.717, 1.165) is 19.5 Å². The number of aromatic nitrogens is 1. The molecule has 2 nitrogen and oxygen atoms in total. The molecule has 1 aromatic carbocycles. The first-order valence-corrected chi connectivity index (χ1v) is 6.41. The van der Waals surface area contributed by atoms with Crippen molar-refractivity contribution in [2.24, 2.45) is 0 Å². The monoisotopic (exact) mass is 230 g/mol. The molecule has 92 valence electrons. The fourth-order valence-corrected chi connectivity index (χ4v) is 1.98. The molecular formula is C15H22N2. The van der Waals surface area contributed by atoms with E-state index in [-0.39, 0.29) is 5.54 Å². The van der Waals surface area contributed by atoms with Gasteiger partial charge in [0.15, 0.2) is 0 Å². The van der Waals surface area contributed by atoms with Crippen molar-refractivity contribution >= 4 is 10.9 Å². The van der Waals surface area contributed by atoms with Gasteiger partial charge in [-0.3, -0.25) is 0 Å². The molecule has 2 heteroatoms. The normalized spacial score (nSPS) is 12.2. The van der Waals surface area contributed by atoms with Crippen LogP contribution in [-0.2, 0) is 6.54 Å². The molecular weight excluding hydrogens is 208 g/mol. The first kappa shape index (κ1) is 12.2. The molecule has 0 aliphatic heterocycles. The van der Waals surface area contributed by atoms with Gasteiger partial charge in [0.05, 0.1) is 0 Å². The van der Waals surface area contributed by atoms with Crippen LogP contribution >= 0.6 is 0 Å². The summed E-state index contributed by atoms with van der Waals surface area (Å²) in [4.78, 5) is 0. The van der Waals surface area contributed by atoms with Gasteiger partial charge in [0.25, 0.3) is 0 Å². The van der Waals surface area contributed by atoms with Crippen molar-refractivity contribution in [1.29, 1.82) is 0 Å². The van der Waals surface area contributed by atoms with Crippen LogP contribution in [0.15, 0.2) is 36.5 Å². The SMILES string of the molecule is CCC(C)(C)NCCn1ccc2ccccc21. The minimum Gasteiger partial charge on any atom is -0.346 e. The van der Waals surface area contributed by atoms with Crippen LogP contribution in [0.4, 0.5) is 0 Å². The molecule has 1 N–H and O–H groups in total. The Morgan fingerprint density at radius 1 is 1.18 bits per heavy atom. The van der Waals surface area contributed by atoms with Crippen molar-refractivity contribution < 1.29 is 0 Å². The smallest absolute Gasteiger partial charge is 0.0480 e. The molecule has 0 spiro atoms. The molecule has 0 saturated carbocycles. The van der Waals surface area contributed by atoms with E-state index in [2.05, 4.69) is 67.2 Å². The third-order valence-electron chi connectivity index (χ3n) is 3.52. The Balaban J connectivity index is 2.00.